The summed E-state index contributed by atoms with van der Waals surface area (Å²) in [6.45, 7) is 10.4. The molecule has 12 nitrogen and oxygen atoms in total. The third-order valence-electron chi connectivity index (χ3n) is 9.64. The highest BCUT2D eigenvalue weighted by molar-refractivity contribution is 5.92. The number of alkyl carbamates (subject to hydrolysis) is 1. The molecule has 12 heteroatoms. The molecule has 1 aliphatic heterocycles. The third kappa shape index (κ3) is 14.4. The van der Waals surface area contributed by atoms with E-state index in [4.69, 9.17) is 9.47 Å². The van der Waals surface area contributed by atoms with Gasteiger partial charge in [-0.1, -0.05) is 106 Å². The molecule has 0 radical (unpaired) electrons. The van der Waals surface area contributed by atoms with Crippen LogP contribution in [0.5, 0.6) is 0 Å². The molecule has 0 bridgehead atoms. The summed E-state index contributed by atoms with van der Waals surface area (Å²) in [5.74, 6) is -0.957. The summed E-state index contributed by atoms with van der Waals surface area (Å²) >= 11 is 0. The minimum atomic E-state index is -1.05. The maximum atomic E-state index is 14.1. The number of ether oxygens (including phenoxy) is 2. The Kier molecular flexibility index (Phi) is 17.7. The summed E-state index contributed by atoms with van der Waals surface area (Å²) < 4.78 is 10.9. The Morgan fingerprint density at radius 2 is 1.56 bits per heavy atom. The lowest BCUT2D eigenvalue weighted by atomic mass is 9.95. The molecule has 1 fully saturated rings. The second-order valence-corrected chi connectivity index (χ2v) is 14.5. The fourth-order valence-corrected chi connectivity index (χ4v) is 6.61. The Labute approximate surface area is 319 Å². The van der Waals surface area contributed by atoms with E-state index in [1.165, 1.54) is 0 Å². The Bertz CT molecular complexity index is 1610. The van der Waals surface area contributed by atoms with E-state index in [0.717, 1.165) is 48.0 Å². The molecule has 4 amide bonds. The van der Waals surface area contributed by atoms with E-state index >= 15 is 0 Å². The van der Waals surface area contributed by atoms with Crippen LogP contribution in [0.25, 0.3) is 10.8 Å². The third-order valence-corrected chi connectivity index (χ3v) is 9.64. The second-order valence-electron chi connectivity index (χ2n) is 14.5. The number of morpholine rings is 1. The van der Waals surface area contributed by atoms with Crippen LogP contribution in [0.4, 0.5) is 4.79 Å². The molecule has 1 saturated heterocycles. The SMILES string of the molecule is CCCC[C@H](NC(=O)[C@H](Cc1cccc2ccccc12)NC(=O)OCc1ccccc1)C(=O)N[C@@H](CC(C)C)[C@@H](O)CCC(=O)NCCN1CCOCC1. The molecule has 294 valence electrons. The standard InChI is InChI=1S/C42H59N5O7/c1-4-5-18-35(40(50)45-36(27-30(2)3)38(48)19-20-39(49)43-21-22-47-23-25-53-26-24-47)44-41(51)37(46-42(52)54-29-31-12-7-6-8-13-31)28-33-16-11-15-32-14-9-10-17-34(32)33/h6-17,30,35-38,48H,4-5,18-29H2,1-3H3,(H,43,49)(H,44,51)(H,45,50)(H,46,52)/t35-,36-,37-,38-/m0/s1. The Hall–Kier alpha value is -4.52. The van der Waals surface area contributed by atoms with E-state index in [9.17, 15) is 24.3 Å². The highest BCUT2D eigenvalue weighted by Gasteiger charge is 2.31. The first-order valence-electron chi connectivity index (χ1n) is 19.4. The van der Waals surface area contributed by atoms with Crippen LogP contribution in [0.1, 0.15) is 70.4 Å². The van der Waals surface area contributed by atoms with Gasteiger partial charge < -0.3 is 35.8 Å². The summed E-state index contributed by atoms with van der Waals surface area (Å²) in [5.41, 5.74) is 1.66. The van der Waals surface area contributed by atoms with Gasteiger partial charge in [0.25, 0.3) is 0 Å². The van der Waals surface area contributed by atoms with Gasteiger partial charge in [0, 0.05) is 39.0 Å². The second kappa shape index (κ2) is 22.6. The lowest BCUT2D eigenvalue weighted by Gasteiger charge is -2.29. The van der Waals surface area contributed by atoms with Crippen molar-refractivity contribution in [2.75, 3.05) is 39.4 Å². The molecule has 0 aromatic heterocycles. The molecule has 4 rings (SSSR count). The van der Waals surface area contributed by atoms with Crippen molar-refractivity contribution in [2.45, 2.75) is 96.6 Å². The van der Waals surface area contributed by atoms with Gasteiger partial charge in [0.15, 0.2) is 0 Å². The van der Waals surface area contributed by atoms with Gasteiger partial charge in [0.2, 0.25) is 17.7 Å². The van der Waals surface area contributed by atoms with Crippen molar-refractivity contribution >= 4 is 34.6 Å². The van der Waals surface area contributed by atoms with Crippen LogP contribution >= 0.6 is 0 Å². The topological polar surface area (TPSA) is 158 Å². The van der Waals surface area contributed by atoms with Gasteiger partial charge in [-0.15, -0.1) is 0 Å². The number of nitrogens with zero attached hydrogens (tertiary/aromatic N) is 1. The largest absolute Gasteiger partial charge is 0.445 e. The van der Waals surface area contributed by atoms with E-state index in [1.54, 1.807) is 0 Å². The number of benzene rings is 3. The van der Waals surface area contributed by atoms with E-state index in [1.807, 2.05) is 93.6 Å². The summed E-state index contributed by atoms with van der Waals surface area (Å²) in [4.78, 5) is 55.9. The van der Waals surface area contributed by atoms with Gasteiger partial charge in [-0.3, -0.25) is 19.3 Å². The van der Waals surface area contributed by atoms with Crippen LogP contribution in [-0.2, 0) is 36.9 Å². The van der Waals surface area contributed by atoms with Crippen LogP contribution < -0.4 is 21.3 Å². The molecule has 5 N–H and O–H groups in total. The minimum Gasteiger partial charge on any atom is -0.445 e. The Balaban J connectivity index is 1.42. The highest BCUT2D eigenvalue weighted by Crippen LogP contribution is 2.20. The molecule has 1 heterocycles. The molecule has 0 spiro atoms. The average Bonchev–Trinajstić information content (AvgIpc) is 3.17. The first-order chi connectivity index (χ1) is 26.1. The zero-order chi connectivity index (χ0) is 38.7. The molecule has 54 heavy (non-hydrogen) atoms. The molecular weight excluding hydrogens is 686 g/mol. The molecule has 3 aromatic rings. The average molecular weight is 746 g/mol. The normalized spacial score (nSPS) is 15.5. The number of unbranched alkanes of at least 4 members (excludes halogenated alkanes) is 1. The van der Waals surface area contributed by atoms with Crippen LogP contribution in [-0.4, -0.2) is 97.4 Å². The first kappa shape index (κ1) is 42.2. The number of hydrogen-bond acceptors (Lipinski definition) is 8. The fraction of sp³-hybridized carbons (Fsp3) is 0.524. The molecule has 3 aromatic carbocycles. The predicted octanol–water partition coefficient (Wildman–Crippen LogP) is 4.47. The number of aliphatic hydroxyl groups excluding tert-OH is 1. The molecular formula is C42H59N5O7. The van der Waals surface area contributed by atoms with Crippen LogP contribution in [0, 0.1) is 5.92 Å². The molecule has 0 aliphatic carbocycles. The number of fused-ring (bicyclic) bond motifs is 1. The maximum Gasteiger partial charge on any atom is 0.408 e. The highest BCUT2D eigenvalue weighted by atomic mass is 16.5. The minimum absolute atomic E-state index is 0.0342. The van der Waals surface area contributed by atoms with Crippen molar-refractivity contribution < 1.29 is 33.8 Å². The summed E-state index contributed by atoms with van der Waals surface area (Å²) in [6.07, 6.45) is 1.05. The quantitative estimate of drug-likeness (QED) is 0.107. The van der Waals surface area contributed by atoms with Crippen molar-refractivity contribution in [3.63, 3.8) is 0 Å². The number of aliphatic hydroxyl groups is 1. The number of carbonyl (C=O) groups excluding carboxylic acids is 4. The van der Waals surface area contributed by atoms with Gasteiger partial charge in [-0.25, -0.2) is 4.79 Å². The van der Waals surface area contributed by atoms with E-state index < -0.39 is 42.1 Å². The number of nitrogens with one attached hydrogen (secondary N) is 4. The van der Waals surface area contributed by atoms with Crippen molar-refractivity contribution in [2.24, 2.45) is 5.92 Å². The number of hydrogen-bond donors (Lipinski definition) is 5. The van der Waals surface area contributed by atoms with Gasteiger partial charge in [0.1, 0.15) is 18.7 Å². The Morgan fingerprint density at radius 3 is 2.30 bits per heavy atom. The van der Waals surface area contributed by atoms with Crippen LogP contribution in [0.2, 0.25) is 0 Å². The maximum absolute atomic E-state index is 14.1. The zero-order valence-corrected chi connectivity index (χ0v) is 32.1. The molecule has 4 atom stereocenters. The van der Waals surface area contributed by atoms with Crippen LogP contribution in [0.15, 0.2) is 72.8 Å². The molecule has 1 aliphatic rings. The van der Waals surface area contributed by atoms with Gasteiger partial charge >= 0.3 is 6.09 Å². The smallest absolute Gasteiger partial charge is 0.408 e. The van der Waals surface area contributed by atoms with E-state index in [0.29, 0.717) is 39.0 Å². The number of amides is 4. The summed E-state index contributed by atoms with van der Waals surface area (Å²) in [7, 11) is 0. The Morgan fingerprint density at radius 1 is 0.852 bits per heavy atom. The van der Waals surface area contributed by atoms with Gasteiger partial charge in [-0.05, 0) is 47.1 Å². The monoisotopic (exact) mass is 745 g/mol. The van der Waals surface area contributed by atoms with Gasteiger partial charge in [-0.2, -0.15) is 0 Å². The molecule has 0 saturated carbocycles. The number of carbonyl (C=O) groups is 4. The van der Waals surface area contributed by atoms with Crippen LogP contribution in [0.3, 0.4) is 0 Å². The van der Waals surface area contributed by atoms with Gasteiger partial charge in [0.05, 0.1) is 25.4 Å². The predicted molar refractivity (Wildman–Crippen MR) is 210 cm³/mol. The first-order valence-corrected chi connectivity index (χ1v) is 19.4. The van der Waals surface area contributed by atoms with Crippen molar-refractivity contribution in [1.82, 2.24) is 26.2 Å². The van der Waals surface area contributed by atoms with Crippen molar-refractivity contribution in [3.05, 3.63) is 83.9 Å². The summed E-state index contributed by atoms with van der Waals surface area (Å²) in [6, 6.07) is 20.3. The fourth-order valence-electron chi connectivity index (χ4n) is 6.61. The van der Waals surface area contributed by atoms with Crippen molar-refractivity contribution in [1.29, 1.82) is 0 Å². The number of rotatable bonds is 21. The molecule has 0 unspecified atom stereocenters. The lowest BCUT2D eigenvalue weighted by molar-refractivity contribution is -0.131. The zero-order valence-electron chi connectivity index (χ0n) is 32.1. The van der Waals surface area contributed by atoms with Crippen molar-refractivity contribution in [3.8, 4) is 0 Å². The summed E-state index contributed by atoms with van der Waals surface area (Å²) in [5, 5.41) is 24.8. The van der Waals surface area contributed by atoms with E-state index in [-0.39, 0.29) is 37.7 Å². The van der Waals surface area contributed by atoms with E-state index in [2.05, 4.69) is 26.2 Å². The lowest BCUT2D eigenvalue weighted by Crippen LogP contribution is -2.56.